The van der Waals surface area contributed by atoms with Crippen LogP contribution in [0, 0.1) is 23.5 Å². The Bertz CT molecular complexity index is 627. The largest absolute Gasteiger partial charge is 0.244 e. The van der Waals surface area contributed by atoms with Gasteiger partial charge in [-0.15, -0.1) is 0 Å². The summed E-state index contributed by atoms with van der Waals surface area (Å²) in [5, 5.41) is 0. The molecule has 0 amide bonds. The third-order valence-electron chi connectivity index (χ3n) is 4.28. The van der Waals surface area contributed by atoms with Gasteiger partial charge in [-0.05, 0) is 53.1 Å². The standard InChI is InChI=1S/C13H14BrF2NO2S/c14-10-5-9(15)6-11(16)13(10)20(18,19)17-12-4-7-1-2-8(12)3-7/h5-8,12,17H,1-4H2. The van der Waals surface area contributed by atoms with E-state index in [0.29, 0.717) is 17.9 Å². The molecule has 2 saturated carbocycles. The second-order valence-corrected chi connectivity index (χ2v) is 8.11. The van der Waals surface area contributed by atoms with Crippen LogP contribution < -0.4 is 4.72 Å². The summed E-state index contributed by atoms with van der Waals surface area (Å²) < 4.78 is 53.9. The summed E-state index contributed by atoms with van der Waals surface area (Å²) in [5.74, 6) is -0.966. The van der Waals surface area contributed by atoms with Crippen LogP contribution in [0.2, 0.25) is 0 Å². The topological polar surface area (TPSA) is 46.2 Å². The first kappa shape index (κ1) is 14.4. The monoisotopic (exact) mass is 365 g/mol. The Balaban J connectivity index is 1.89. The molecule has 0 aliphatic heterocycles. The number of hydrogen-bond donors (Lipinski definition) is 1. The highest BCUT2D eigenvalue weighted by atomic mass is 79.9. The molecule has 0 heterocycles. The summed E-state index contributed by atoms with van der Waals surface area (Å²) in [6.07, 6.45) is 4.02. The third kappa shape index (κ3) is 2.51. The molecule has 2 aliphatic carbocycles. The van der Waals surface area contributed by atoms with Crippen LogP contribution in [0.15, 0.2) is 21.5 Å². The van der Waals surface area contributed by atoms with Crippen LogP contribution in [-0.2, 0) is 10.0 Å². The molecular weight excluding hydrogens is 352 g/mol. The molecule has 20 heavy (non-hydrogen) atoms. The van der Waals surface area contributed by atoms with Crippen molar-refractivity contribution in [3.05, 3.63) is 28.2 Å². The molecule has 7 heteroatoms. The van der Waals surface area contributed by atoms with E-state index in [9.17, 15) is 17.2 Å². The molecule has 2 fully saturated rings. The van der Waals surface area contributed by atoms with Crippen LogP contribution in [0.4, 0.5) is 8.78 Å². The van der Waals surface area contributed by atoms with Gasteiger partial charge >= 0.3 is 0 Å². The van der Waals surface area contributed by atoms with Crippen molar-refractivity contribution in [2.24, 2.45) is 11.8 Å². The summed E-state index contributed by atoms with van der Waals surface area (Å²) in [6.45, 7) is 0. The Labute approximate surface area is 124 Å². The van der Waals surface area contributed by atoms with E-state index in [1.807, 2.05) is 0 Å². The Morgan fingerprint density at radius 2 is 1.95 bits per heavy atom. The van der Waals surface area contributed by atoms with Gasteiger partial charge in [0.2, 0.25) is 10.0 Å². The molecule has 1 aromatic carbocycles. The number of sulfonamides is 1. The molecule has 0 radical (unpaired) electrons. The lowest BCUT2D eigenvalue weighted by molar-refractivity contribution is 0.389. The average molecular weight is 366 g/mol. The van der Waals surface area contributed by atoms with E-state index >= 15 is 0 Å². The Kier molecular flexibility index (Phi) is 3.63. The molecule has 0 saturated heterocycles. The zero-order valence-electron chi connectivity index (χ0n) is 10.6. The van der Waals surface area contributed by atoms with Gasteiger partial charge in [-0.3, -0.25) is 0 Å². The van der Waals surface area contributed by atoms with Gasteiger partial charge in [0, 0.05) is 16.6 Å². The second-order valence-electron chi connectivity index (χ2n) is 5.60. The van der Waals surface area contributed by atoms with Crippen molar-refractivity contribution in [3.63, 3.8) is 0 Å². The zero-order valence-corrected chi connectivity index (χ0v) is 13.0. The van der Waals surface area contributed by atoms with Crippen LogP contribution in [0.5, 0.6) is 0 Å². The molecule has 1 aromatic rings. The van der Waals surface area contributed by atoms with E-state index in [1.54, 1.807) is 0 Å². The second kappa shape index (κ2) is 5.03. The summed E-state index contributed by atoms with van der Waals surface area (Å²) in [4.78, 5) is -0.512. The fourth-order valence-electron chi connectivity index (χ4n) is 3.43. The van der Waals surface area contributed by atoms with Crippen molar-refractivity contribution in [2.75, 3.05) is 0 Å². The van der Waals surface area contributed by atoms with Gasteiger partial charge in [0.15, 0.2) is 0 Å². The summed E-state index contributed by atoms with van der Waals surface area (Å²) in [5.41, 5.74) is 0. The molecule has 1 N–H and O–H groups in total. The Morgan fingerprint density at radius 1 is 1.20 bits per heavy atom. The minimum absolute atomic E-state index is 0.0920. The first-order chi connectivity index (χ1) is 9.37. The molecule has 3 rings (SSSR count). The highest BCUT2D eigenvalue weighted by Gasteiger charge is 2.42. The predicted molar refractivity (Wildman–Crippen MR) is 73.6 cm³/mol. The maximum atomic E-state index is 13.8. The number of hydrogen-bond acceptors (Lipinski definition) is 2. The molecule has 0 aromatic heterocycles. The van der Waals surface area contributed by atoms with E-state index in [-0.39, 0.29) is 10.5 Å². The molecule has 3 nitrogen and oxygen atoms in total. The van der Waals surface area contributed by atoms with E-state index in [4.69, 9.17) is 0 Å². The Hall–Kier alpha value is -0.530. The third-order valence-corrected chi connectivity index (χ3v) is 6.73. The molecule has 3 atom stereocenters. The average Bonchev–Trinajstić information content (AvgIpc) is 2.87. The minimum atomic E-state index is -3.98. The normalized spacial score (nSPS) is 29.1. The van der Waals surface area contributed by atoms with Gasteiger partial charge in [0.05, 0.1) is 0 Å². The van der Waals surface area contributed by atoms with Gasteiger partial charge in [0.1, 0.15) is 16.5 Å². The quantitative estimate of drug-likeness (QED) is 0.893. The van der Waals surface area contributed by atoms with Crippen molar-refractivity contribution in [2.45, 2.75) is 36.6 Å². The lowest BCUT2D eigenvalue weighted by Crippen LogP contribution is -2.38. The molecule has 110 valence electrons. The van der Waals surface area contributed by atoms with Crippen LogP contribution in [0.3, 0.4) is 0 Å². The van der Waals surface area contributed by atoms with Crippen LogP contribution in [0.25, 0.3) is 0 Å². The molecule has 2 bridgehead atoms. The summed E-state index contributed by atoms with van der Waals surface area (Å²) >= 11 is 2.92. The van der Waals surface area contributed by atoms with Crippen molar-refractivity contribution in [3.8, 4) is 0 Å². The van der Waals surface area contributed by atoms with Gasteiger partial charge in [0.25, 0.3) is 0 Å². The minimum Gasteiger partial charge on any atom is -0.208 e. The zero-order chi connectivity index (χ0) is 14.5. The smallest absolute Gasteiger partial charge is 0.208 e. The van der Waals surface area contributed by atoms with E-state index in [0.717, 1.165) is 31.7 Å². The highest BCUT2D eigenvalue weighted by molar-refractivity contribution is 9.10. The van der Waals surface area contributed by atoms with Crippen molar-refractivity contribution in [1.29, 1.82) is 0 Å². The van der Waals surface area contributed by atoms with Gasteiger partial charge in [-0.25, -0.2) is 21.9 Å². The van der Waals surface area contributed by atoms with E-state index < -0.39 is 26.6 Å². The summed E-state index contributed by atoms with van der Waals surface area (Å²) in [6, 6.07) is 1.41. The number of nitrogens with one attached hydrogen (secondary N) is 1. The number of rotatable bonds is 3. The number of halogens is 3. The highest BCUT2D eigenvalue weighted by Crippen LogP contribution is 2.45. The maximum Gasteiger partial charge on any atom is 0.244 e. The van der Waals surface area contributed by atoms with Crippen molar-refractivity contribution < 1.29 is 17.2 Å². The van der Waals surface area contributed by atoms with Crippen molar-refractivity contribution >= 4 is 26.0 Å². The lowest BCUT2D eigenvalue weighted by atomic mass is 9.96. The number of benzene rings is 1. The van der Waals surface area contributed by atoms with Crippen LogP contribution >= 0.6 is 15.9 Å². The molecule has 2 aliphatic rings. The van der Waals surface area contributed by atoms with E-state index in [1.165, 1.54) is 0 Å². The summed E-state index contributed by atoms with van der Waals surface area (Å²) in [7, 11) is -3.98. The predicted octanol–water partition coefficient (Wildman–Crippen LogP) is 3.19. The van der Waals surface area contributed by atoms with Crippen LogP contribution in [0.1, 0.15) is 25.7 Å². The number of fused-ring (bicyclic) bond motifs is 2. The van der Waals surface area contributed by atoms with E-state index in [2.05, 4.69) is 20.7 Å². The van der Waals surface area contributed by atoms with Gasteiger partial charge in [-0.1, -0.05) is 6.42 Å². The maximum absolute atomic E-state index is 13.8. The Morgan fingerprint density at radius 3 is 2.50 bits per heavy atom. The first-order valence-corrected chi connectivity index (χ1v) is 8.81. The molecule has 0 spiro atoms. The van der Waals surface area contributed by atoms with Gasteiger partial charge < -0.3 is 0 Å². The lowest BCUT2D eigenvalue weighted by Gasteiger charge is -2.23. The SMILES string of the molecule is O=S(=O)(NC1CC2CCC1C2)c1c(F)cc(F)cc1Br. The fraction of sp³-hybridized carbons (Fsp3) is 0.538. The first-order valence-electron chi connectivity index (χ1n) is 6.53. The van der Waals surface area contributed by atoms with Crippen molar-refractivity contribution in [1.82, 2.24) is 4.72 Å². The molecular formula is C13H14BrF2NO2S. The fourth-order valence-corrected chi connectivity index (χ4v) is 5.92. The molecule has 3 unspecified atom stereocenters. The van der Waals surface area contributed by atoms with Gasteiger partial charge in [-0.2, -0.15) is 0 Å². The van der Waals surface area contributed by atoms with Crippen LogP contribution in [-0.4, -0.2) is 14.5 Å².